The molecule has 2 aromatic heterocycles. The van der Waals surface area contributed by atoms with Crippen LogP contribution in [0.4, 0.5) is 4.39 Å². The van der Waals surface area contributed by atoms with Crippen LogP contribution in [0.1, 0.15) is 19.3 Å². The quantitative estimate of drug-likeness (QED) is 0.690. The minimum Gasteiger partial charge on any atom is -0.280 e. The summed E-state index contributed by atoms with van der Waals surface area (Å²) in [4.78, 5) is 12.6. The molecule has 1 saturated carbocycles. The molecule has 0 saturated heterocycles. The molecule has 0 aliphatic heterocycles. The van der Waals surface area contributed by atoms with Gasteiger partial charge in [0.2, 0.25) is 5.65 Å². The summed E-state index contributed by atoms with van der Waals surface area (Å²) in [5, 5.41) is 8.91. The molecule has 5 nitrogen and oxygen atoms in total. The lowest BCUT2D eigenvalue weighted by Crippen LogP contribution is -2.20. The summed E-state index contributed by atoms with van der Waals surface area (Å²) >= 11 is 1.64. The smallest absolute Gasteiger partial charge is 0.280 e. The van der Waals surface area contributed by atoms with Gasteiger partial charge in [0.25, 0.3) is 0 Å². The Morgan fingerprint density at radius 2 is 1.96 bits per heavy atom. The third-order valence-corrected chi connectivity index (χ3v) is 5.39. The van der Waals surface area contributed by atoms with Gasteiger partial charge in [-0.2, -0.15) is 0 Å². The largest absolute Gasteiger partial charge is 0.300 e. The van der Waals surface area contributed by atoms with Gasteiger partial charge in [0.1, 0.15) is 5.82 Å². The number of rotatable bonds is 4. The van der Waals surface area contributed by atoms with Gasteiger partial charge in [0, 0.05) is 23.8 Å². The minimum atomic E-state index is -0.333. The second-order valence-electron chi connectivity index (χ2n) is 5.73. The van der Waals surface area contributed by atoms with Crippen LogP contribution in [0.25, 0.3) is 11.3 Å². The van der Waals surface area contributed by atoms with E-state index in [4.69, 9.17) is 0 Å². The van der Waals surface area contributed by atoms with E-state index in [0.717, 1.165) is 16.8 Å². The fourth-order valence-electron chi connectivity index (χ4n) is 2.62. The summed E-state index contributed by atoms with van der Waals surface area (Å²) in [5.74, 6) is 1.44. The highest BCUT2D eigenvalue weighted by atomic mass is 32.2. The van der Waals surface area contributed by atoms with E-state index in [9.17, 15) is 9.18 Å². The van der Waals surface area contributed by atoms with Gasteiger partial charge in [0.05, 0.1) is 0 Å². The van der Waals surface area contributed by atoms with Crippen LogP contribution in [0, 0.1) is 11.7 Å². The molecule has 4 rings (SSSR count). The highest BCUT2D eigenvalue weighted by Gasteiger charge is 2.19. The lowest BCUT2D eigenvalue weighted by atomic mass is 9.87. The zero-order chi connectivity index (χ0) is 15.8. The van der Waals surface area contributed by atoms with Crippen LogP contribution in [0.3, 0.4) is 0 Å². The predicted molar refractivity (Wildman–Crippen MR) is 86.6 cm³/mol. The summed E-state index contributed by atoms with van der Waals surface area (Å²) in [7, 11) is 0. The number of hydrogen-bond donors (Lipinski definition) is 0. The molecule has 118 valence electrons. The molecule has 0 radical (unpaired) electrons. The average molecular weight is 330 g/mol. The topological polar surface area (TPSA) is 52.2 Å². The Balaban J connectivity index is 1.68. The second kappa shape index (κ2) is 5.81. The summed E-state index contributed by atoms with van der Waals surface area (Å²) in [5.41, 5.74) is 0.626. The molecule has 1 aromatic carbocycles. The van der Waals surface area contributed by atoms with Crippen molar-refractivity contribution in [3.8, 4) is 5.69 Å². The highest BCUT2D eigenvalue weighted by molar-refractivity contribution is 7.99. The first-order valence-corrected chi connectivity index (χ1v) is 8.56. The van der Waals surface area contributed by atoms with Crippen LogP contribution >= 0.6 is 11.8 Å². The van der Waals surface area contributed by atoms with Crippen LogP contribution in [0.2, 0.25) is 0 Å². The molecular formula is C16H15FN4OS. The Labute approximate surface area is 136 Å². The number of hydrogen-bond acceptors (Lipinski definition) is 4. The molecule has 1 fully saturated rings. The third-order valence-electron chi connectivity index (χ3n) is 4.22. The van der Waals surface area contributed by atoms with Crippen LogP contribution in [0.15, 0.2) is 46.6 Å². The van der Waals surface area contributed by atoms with Crippen molar-refractivity contribution in [1.82, 2.24) is 19.2 Å². The fraction of sp³-hybridized carbons (Fsp3) is 0.312. The van der Waals surface area contributed by atoms with E-state index >= 15 is 0 Å². The van der Waals surface area contributed by atoms with E-state index in [1.807, 2.05) is 0 Å². The Morgan fingerprint density at radius 3 is 2.65 bits per heavy atom. The Morgan fingerprint density at radius 1 is 1.17 bits per heavy atom. The number of nitrogens with zero attached hydrogens (tertiary/aromatic N) is 4. The van der Waals surface area contributed by atoms with Gasteiger partial charge in [-0.15, -0.1) is 10.2 Å². The SMILES string of the molecule is O=c1c2nnc(SCC3CCC3)n2ccn1-c1ccc(F)cc1. The molecule has 0 amide bonds. The normalized spacial score (nSPS) is 15.0. The van der Waals surface area contributed by atoms with Gasteiger partial charge in [0.15, 0.2) is 5.16 Å². The molecule has 1 aliphatic rings. The summed E-state index contributed by atoms with van der Waals surface area (Å²) < 4.78 is 16.2. The number of fused-ring (bicyclic) bond motifs is 1. The maximum absolute atomic E-state index is 13.0. The molecule has 2 heterocycles. The van der Waals surface area contributed by atoms with E-state index in [2.05, 4.69) is 10.2 Å². The van der Waals surface area contributed by atoms with E-state index < -0.39 is 0 Å². The zero-order valence-electron chi connectivity index (χ0n) is 12.4. The molecule has 0 bridgehead atoms. The lowest BCUT2D eigenvalue weighted by Gasteiger charge is -2.24. The molecule has 0 atom stereocenters. The first-order valence-electron chi connectivity index (χ1n) is 7.57. The fourth-order valence-corrected chi connectivity index (χ4v) is 3.72. The van der Waals surface area contributed by atoms with Crippen LogP contribution in [0.5, 0.6) is 0 Å². The molecule has 7 heteroatoms. The van der Waals surface area contributed by atoms with Crippen molar-refractivity contribution >= 4 is 17.4 Å². The van der Waals surface area contributed by atoms with Gasteiger partial charge in [-0.05, 0) is 43.0 Å². The van der Waals surface area contributed by atoms with Crippen LogP contribution < -0.4 is 5.56 Å². The number of halogens is 1. The maximum Gasteiger partial charge on any atom is 0.300 e. The molecular weight excluding hydrogens is 315 g/mol. The summed E-state index contributed by atoms with van der Waals surface area (Å²) in [6.45, 7) is 0. The Bertz CT molecular complexity index is 899. The van der Waals surface area contributed by atoms with Crippen molar-refractivity contribution in [2.24, 2.45) is 5.92 Å². The molecule has 3 aromatic rings. The number of aromatic nitrogens is 4. The van der Waals surface area contributed by atoms with Crippen molar-refractivity contribution in [3.63, 3.8) is 0 Å². The zero-order valence-corrected chi connectivity index (χ0v) is 13.2. The van der Waals surface area contributed by atoms with Crippen LogP contribution in [-0.4, -0.2) is 24.9 Å². The van der Waals surface area contributed by atoms with E-state index in [-0.39, 0.29) is 17.0 Å². The summed E-state index contributed by atoms with van der Waals surface area (Å²) in [6, 6.07) is 5.79. The first kappa shape index (κ1) is 14.4. The minimum absolute atomic E-state index is 0.262. The molecule has 0 N–H and O–H groups in total. The molecule has 1 aliphatic carbocycles. The van der Waals surface area contributed by atoms with Gasteiger partial charge in [-0.3, -0.25) is 13.8 Å². The molecule has 0 spiro atoms. The second-order valence-corrected chi connectivity index (χ2v) is 6.72. The first-order chi connectivity index (χ1) is 11.2. The average Bonchev–Trinajstić information content (AvgIpc) is 2.92. The van der Waals surface area contributed by atoms with Crippen molar-refractivity contribution in [3.05, 3.63) is 52.8 Å². The standard InChI is InChI=1S/C16H15FN4OS/c17-12-4-6-13(7-5-12)20-8-9-21-14(15(20)22)18-19-16(21)23-10-11-2-1-3-11/h4-9,11H,1-3,10H2. The van der Waals surface area contributed by atoms with Gasteiger partial charge in [-0.1, -0.05) is 18.2 Å². The van der Waals surface area contributed by atoms with Crippen molar-refractivity contribution in [2.45, 2.75) is 24.4 Å². The third kappa shape index (κ3) is 2.65. The monoisotopic (exact) mass is 330 g/mol. The van der Waals surface area contributed by atoms with Crippen molar-refractivity contribution in [1.29, 1.82) is 0 Å². The van der Waals surface area contributed by atoms with Gasteiger partial charge < -0.3 is 0 Å². The lowest BCUT2D eigenvalue weighted by molar-refractivity contribution is 0.353. The van der Waals surface area contributed by atoms with Gasteiger partial charge >= 0.3 is 5.56 Å². The highest BCUT2D eigenvalue weighted by Crippen LogP contribution is 2.31. The van der Waals surface area contributed by atoms with Crippen LogP contribution in [-0.2, 0) is 0 Å². The van der Waals surface area contributed by atoms with Crippen molar-refractivity contribution < 1.29 is 4.39 Å². The van der Waals surface area contributed by atoms with Crippen molar-refractivity contribution in [2.75, 3.05) is 5.75 Å². The van der Waals surface area contributed by atoms with E-state index in [0.29, 0.717) is 5.69 Å². The Hall–Kier alpha value is -2.15. The number of benzene rings is 1. The molecule has 23 heavy (non-hydrogen) atoms. The summed E-state index contributed by atoms with van der Waals surface area (Å²) in [6.07, 6.45) is 7.32. The maximum atomic E-state index is 13.0. The molecule has 0 unspecified atom stereocenters. The number of thioether (sulfide) groups is 1. The van der Waals surface area contributed by atoms with E-state index in [1.165, 1.54) is 36.0 Å². The van der Waals surface area contributed by atoms with Gasteiger partial charge in [-0.25, -0.2) is 4.39 Å². The predicted octanol–water partition coefficient (Wildman–Crippen LogP) is 2.91. The Kier molecular flexibility index (Phi) is 3.65. The van der Waals surface area contributed by atoms with E-state index in [1.54, 1.807) is 40.7 Å².